The molecule has 13 heteroatoms. The number of ether oxygens (including phenoxy) is 1. The molecule has 11 nitrogen and oxygen atoms in total. The minimum atomic E-state index is -3.35. The number of aromatic nitrogens is 1. The van der Waals surface area contributed by atoms with Crippen LogP contribution in [0, 0.1) is 0 Å². The van der Waals surface area contributed by atoms with Crippen LogP contribution < -0.4 is 19.7 Å². The van der Waals surface area contributed by atoms with E-state index in [9.17, 15) is 18.0 Å². The molecule has 1 aromatic heterocycles. The fraction of sp³-hybridized carbons (Fsp3) is 0.265. The summed E-state index contributed by atoms with van der Waals surface area (Å²) in [5, 5.41) is 3.30. The average molecular weight is 677 g/mol. The third-order valence-corrected chi connectivity index (χ3v) is 8.55. The van der Waals surface area contributed by atoms with Crippen molar-refractivity contribution in [3.63, 3.8) is 0 Å². The minimum absolute atomic E-state index is 0.0308. The Balaban J connectivity index is 1.19. The molecule has 3 amide bonds. The fourth-order valence-corrected chi connectivity index (χ4v) is 6.12. The first-order chi connectivity index (χ1) is 22.4. The zero-order valence-corrected chi connectivity index (χ0v) is 28.0. The van der Waals surface area contributed by atoms with Crippen molar-refractivity contribution in [2.24, 2.45) is 0 Å². The molecule has 246 valence electrons. The van der Waals surface area contributed by atoms with Crippen LogP contribution in [0.15, 0.2) is 91.1 Å². The van der Waals surface area contributed by atoms with Crippen molar-refractivity contribution < 1.29 is 22.7 Å². The number of likely N-dealkylation sites (tertiary alicyclic amines) is 1. The smallest absolute Gasteiger partial charge is 0.326 e. The zero-order valence-electron chi connectivity index (χ0n) is 26.4. The van der Waals surface area contributed by atoms with Gasteiger partial charge in [-0.15, -0.1) is 0 Å². The van der Waals surface area contributed by atoms with Crippen molar-refractivity contribution in [1.82, 2.24) is 14.8 Å². The van der Waals surface area contributed by atoms with Gasteiger partial charge in [-0.25, -0.2) is 18.2 Å². The summed E-state index contributed by atoms with van der Waals surface area (Å²) in [6.45, 7) is 2.28. The van der Waals surface area contributed by atoms with Crippen molar-refractivity contribution in [2.45, 2.75) is 25.4 Å². The Bertz CT molecular complexity index is 1800. The number of carbonyl (C=O) groups is 2. The number of pyridine rings is 1. The molecule has 0 radical (unpaired) electrons. The number of hydrogen-bond donors (Lipinski definition) is 2. The second-order valence-corrected chi connectivity index (χ2v) is 13.7. The van der Waals surface area contributed by atoms with Gasteiger partial charge in [0.15, 0.2) is 0 Å². The molecular formula is C34H37ClN6O5S. The number of piperidine rings is 1. The van der Waals surface area contributed by atoms with E-state index in [1.165, 1.54) is 4.90 Å². The Morgan fingerprint density at radius 1 is 0.957 bits per heavy atom. The molecule has 2 heterocycles. The van der Waals surface area contributed by atoms with E-state index in [0.717, 1.165) is 43.4 Å². The summed E-state index contributed by atoms with van der Waals surface area (Å²) < 4.78 is 31.1. The summed E-state index contributed by atoms with van der Waals surface area (Å²) in [7, 11) is -0.0453. The lowest BCUT2D eigenvalue weighted by molar-refractivity contribution is 0.0827. The van der Waals surface area contributed by atoms with Crippen LogP contribution in [0.25, 0.3) is 0 Å². The second kappa shape index (κ2) is 14.8. The summed E-state index contributed by atoms with van der Waals surface area (Å²) in [6, 6.07) is 24.6. The number of sulfonamides is 1. The van der Waals surface area contributed by atoms with E-state index < -0.39 is 10.0 Å². The van der Waals surface area contributed by atoms with Crippen LogP contribution in [0.4, 0.5) is 21.9 Å². The highest BCUT2D eigenvalue weighted by Gasteiger charge is 2.30. The van der Waals surface area contributed by atoms with E-state index in [1.807, 2.05) is 36.4 Å². The van der Waals surface area contributed by atoms with Crippen molar-refractivity contribution in [1.29, 1.82) is 0 Å². The summed E-state index contributed by atoms with van der Waals surface area (Å²) >= 11 is 6.28. The highest BCUT2D eigenvalue weighted by molar-refractivity contribution is 7.92. The maximum absolute atomic E-state index is 13.7. The molecule has 0 unspecified atom stereocenters. The predicted molar refractivity (Wildman–Crippen MR) is 185 cm³/mol. The Morgan fingerprint density at radius 3 is 2.26 bits per heavy atom. The molecule has 1 aliphatic heterocycles. The van der Waals surface area contributed by atoms with Gasteiger partial charge in [0.1, 0.15) is 5.75 Å². The minimum Gasteiger partial charge on any atom is -0.439 e. The van der Waals surface area contributed by atoms with E-state index in [0.29, 0.717) is 40.1 Å². The van der Waals surface area contributed by atoms with Crippen LogP contribution in [0.2, 0.25) is 5.02 Å². The Kier molecular flexibility index (Phi) is 10.6. The first kappa shape index (κ1) is 33.7. The molecule has 5 rings (SSSR count). The van der Waals surface area contributed by atoms with E-state index in [2.05, 4.69) is 19.9 Å². The number of para-hydroxylation sites is 1. The van der Waals surface area contributed by atoms with E-state index >= 15 is 0 Å². The fourth-order valence-electron chi connectivity index (χ4n) is 5.36. The predicted octanol–water partition coefficient (Wildman–Crippen LogP) is 6.30. The van der Waals surface area contributed by atoms with Gasteiger partial charge in [0.05, 0.1) is 16.8 Å². The number of rotatable bonds is 10. The molecule has 0 spiro atoms. The van der Waals surface area contributed by atoms with E-state index in [4.69, 9.17) is 16.3 Å². The van der Waals surface area contributed by atoms with Crippen LogP contribution in [-0.2, 0) is 16.6 Å². The molecule has 2 N–H and O–H groups in total. The number of amides is 3. The molecule has 0 bridgehead atoms. The molecular weight excluding hydrogens is 640 g/mol. The van der Waals surface area contributed by atoms with Gasteiger partial charge in [0, 0.05) is 69.1 Å². The summed E-state index contributed by atoms with van der Waals surface area (Å²) in [6.07, 6.45) is 4.42. The molecule has 1 saturated heterocycles. The molecule has 3 aromatic carbocycles. The third kappa shape index (κ3) is 9.22. The van der Waals surface area contributed by atoms with Crippen molar-refractivity contribution in [3.05, 3.63) is 107 Å². The number of nitrogens with zero attached hydrogens (tertiary/aromatic N) is 4. The van der Waals surface area contributed by atoms with Gasteiger partial charge < -0.3 is 15.0 Å². The maximum Gasteiger partial charge on any atom is 0.326 e. The number of hydrogen-bond acceptors (Lipinski definition) is 7. The quantitative estimate of drug-likeness (QED) is 0.202. The molecule has 0 atom stereocenters. The number of anilines is 3. The normalized spacial score (nSPS) is 13.9. The number of halogens is 1. The zero-order chi connectivity index (χ0) is 33.6. The average Bonchev–Trinajstić information content (AvgIpc) is 3.04. The Hall–Kier alpha value is -4.65. The van der Waals surface area contributed by atoms with E-state index in [1.54, 1.807) is 73.7 Å². The number of nitrogens with one attached hydrogen (secondary N) is 2. The van der Waals surface area contributed by atoms with Gasteiger partial charge in [-0.3, -0.25) is 19.3 Å². The monoisotopic (exact) mass is 676 g/mol. The van der Waals surface area contributed by atoms with Crippen molar-refractivity contribution >= 4 is 50.6 Å². The largest absolute Gasteiger partial charge is 0.439 e. The summed E-state index contributed by atoms with van der Waals surface area (Å²) in [5.74, 6) is 0.725. The van der Waals surface area contributed by atoms with Gasteiger partial charge in [-0.2, -0.15) is 0 Å². The van der Waals surface area contributed by atoms with Crippen LogP contribution in [0.1, 0.15) is 28.8 Å². The molecule has 4 aromatic rings. The second-order valence-electron chi connectivity index (χ2n) is 11.5. The van der Waals surface area contributed by atoms with E-state index in [-0.39, 0.29) is 18.0 Å². The standard InChI is InChI=1S/C34H37ClN6O5S/c1-39(2)33(42)30-21-26(12-15-31(30)35)37-34(43)41(27-7-5-4-6-8-27)28-17-19-40(20-18-28)23-24-9-16-32(36-22-24)46-29-13-10-25(11-14-29)38-47(3,44)45/h4-16,21-22,28,38H,17-20,23H2,1-3H3,(H,37,43). The molecule has 1 fully saturated rings. The van der Waals surface area contributed by atoms with Gasteiger partial charge >= 0.3 is 6.03 Å². The third-order valence-electron chi connectivity index (χ3n) is 7.61. The first-order valence-corrected chi connectivity index (χ1v) is 17.3. The van der Waals surface area contributed by atoms with Crippen LogP contribution >= 0.6 is 11.6 Å². The van der Waals surface area contributed by atoms with Crippen LogP contribution in [0.3, 0.4) is 0 Å². The van der Waals surface area contributed by atoms with Gasteiger partial charge in [0.2, 0.25) is 15.9 Å². The summed E-state index contributed by atoms with van der Waals surface area (Å²) in [5.41, 5.74) is 3.09. The molecule has 0 saturated carbocycles. The highest BCUT2D eigenvalue weighted by atomic mass is 35.5. The molecule has 47 heavy (non-hydrogen) atoms. The molecule has 0 aliphatic carbocycles. The SMILES string of the molecule is CN(C)C(=O)c1cc(NC(=O)N(c2ccccc2)C2CCN(Cc3ccc(Oc4ccc(NS(C)(=O)=O)cc4)nc3)CC2)ccc1Cl. The van der Waals surface area contributed by atoms with Crippen molar-refractivity contribution in [2.75, 3.05) is 48.4 Å². The first-order valence-electron chi connectivity index (χ1n) is 15.0. The Morgan fingerprint density at radius 2 is 1.64 bits per heavy atom. The Labute approximate surface area is 280 Å². The lowest BCUT2D eigenvalue weighted by Crippen LogP contribution is -2.49. The number of urea groups is 1. The van der Waals surface area contributed by atoms with Crippen LogP contribution in [0.5, 0.6) is 11.6 Å². The number of carbonyl (C=O) groups excluding carboxylic acids is 2. The number of benzene rings is 3. The van der Waals surface area contributed by atoms with Crippen LogP contribution in [-0.4, -0.2) is 74.6 Å². The topological polar surface area (TPSA) is 124 Å². The lowest BCUT2D eigenvalue weighted by atomic mass is 10.0. The van der Waals surface area contributed by atoms with Gasteiger partial charge in [-0.05, 0) is 73.0 Å². The van der Waals surface area contributed by atoms with Crippen molar-refractivity contribution in [3.8, 4) is 11.6 Å². The molecule has 1 aliphatic rings. The maximum atomic E-state index is 13.7. The lowest BCUT2D eigenvalue weighted by Gasteiger charge is -2.38. The van der Waals surface area contributed by atoms with Gasteiger partial charge in [0.25, 0.3) is 5.91 Å². The highest BCUT2D eigenvalue weighted by Crippen LogP contribution is 2.28. The summed E-state index contributed by atoms with van der Waals surface area (Å²) in [4.78, 5) is 36.4. The van der Waals surface area contributed by atoms with Gasteiger partial charge in [-0.1, -0.05) is 35.9 Å².